The average molecular weight is 365 g/mol. The predicted octanol–water partition coefficient (Wildman–Crippen LogP) is 5.47. The van der Waals surface area contributed by atoms with Crippen molar-refractivity contribution < 1.29 is 22.8 Å². The molecule has 24 heavy (non-hydrogen) atoms. The Morgan fingerprint density at radius 1 is 0.667 bits per heavy atom. The minimum Gasteiger partial charge on any atom is -0.481 e. The van der Waals surface area contributed by atoms with Crippen molar-refractivity contribution in [1.82, 2.24) is 0 Å². The first-order valence-electron chi connectivity index (χ1n) is 9.59. The lowest BCUT2D eigenvalue weighted by atomic mass is 10.0. The van der Waals surface area contributed by atoms with E-state index in [-0.39, 0.29) is 0 Å². The maximum atomic E-state index is 10.4. The fourth-order valence-corrected chi connectivity index (χ4v) is 3.07. The van der Waals surface area contributed by atoms with Gasteiger partial charge in [0.2, 0.25) is 0 Å². The maximum absolute atomic E-state index is 10.4. The third kappa shape index (κ3) is 21.5. The molecule has 2 N–H and O–H groups in total. The molecule has 0 saturated heterocycles. The number of hydrogen-bond acceptors (Lipinski definition) is 3. The molecule has 6 heteroatoms. The van der Waals surface area contributed by atoms with Crippen LogP contribution in [0.3, 0.4) is 0 Å². The van der Waals surface area contributed by atoms with Crippen molar-refractivity contribution in [1.29, 1.82) is 0 Å². The zero-order valence-electron chi connectivity index (χ0n) is 15.0. The molecule has 5 nitrogen and oxygen atoms in total. The lowest BCUT2D eigenvalue weighted by Crippen LogP contribution is -1.97. The molecule has 0 radical (unpaired) electrons. The minimum atomic E-state index is -2.11. The van der Waals surface area contributed by atoms with Crippen LogP contribution >= 0.6 is 0 Å². The van der Waals surface area contributed by atoms with Gasteiger partial charge in [-0.15, -0.1) is 0 Å². The summed E-state index contributed by atoms with van der Waals surface area (Å²) in [6.45, 7) is 0.378. The third-order valence-corrected chi connectivity index (χ3v) is 4.59. The standard InChI is InChI=1S/C18H36O5S/c19-18(20)16-14-12-10-8-6-4-2-1-3-5-7-9-11-13-15-17-23-24(21)22/h1-17H2,(H,19,20)(H,21,22). The lowest BCUT2D eigenvalue weighted by Gasteiger charge is -2.03. The summed E-state index contributed by atoms with van der Waals surface area (Å²) in [7, 11) is 0. The number of rotatable bonds is 19. The topological polar surface area (TPSA) is 83.8 Å². The van der Waals surface area contributed by atoms with Gasteiger partial charge in [-0.3, -0.25) is 13.5 Å². The van der Waals surface area contributed by atoms with E-state index >= 15 is 0 Å². The SMILES string of the molecule is O=C(O)CCCCCCCCCCCCCCCCCOS(=O)O. The molecule has 0 aromatic carbocycles. The molecule has 0 heterocycles. The highest BCUT2D eigenvalue weighted by Crippen LogP contribution is 2.13. The molecule has 1 atom stereocenters. The number of carbonyl (C=O) groups is 1. The molecular formula is C18H36O5S. The molecule has 0 spiro atoms. The first kappa shape index (κ1) is 23.5. The van der Waals surface area contributed by atoms with E-state index in [2.05, 4.69) is 4.18 Å². The molecule has 0 fully saturated rings. The summed E-state index contributed by atoms with van der Waals surface area (Å²) in [5.41, 5.74) is 0. The molecule has 144 valence electrons. The Labute approximate surface area is 150 Å². The van der Waals surface area contributed by atoms with Crippen LogP contribution in [0.2, 0.25) is 0 Å². The molecule has 0 amide bonds. The fraction of sp³-hybridized carbons (Fsp3) is 0.944. The highest BCUT2D eigenvalue weighted by atomic mass is 32.2. The van der Waals surface area contributed by atoms with E-state index in [1.165, 1.54) is 70.6 Å². The average Bonchev–Trinajstić information content (AvgIpc) is 2.53. The van der Waals surface area contributed by atoms with Crippen LogP contribution in [0.5, 0.6) is 0 Å². The van der Waals surface area contributed by atoms with Gasteiger partial charge in [-0.2, -0.15) is 4.21 Å². The largest absolute Gasteiger partial charge is 0.481 e. The van der Waals surface area contributed by atoms with E-state index in [4.69, 9.17) is 9.66 Å². The fourth-order valence-electron chi connectivity index (χ4n) is 2.81. The van der Waals surface area contributed by atoms with Crippen molar-refractivity contribution in [2.75, 3.05) is 6.61 Å². The smallest absolute Gasteiger partial charge is 0.303 e. The van der Waals surface area contributed by atoms with Gasteiger partial charge in [0, 0.05) is 6.42 Å². The Kier molecular flexibility index (Phi) is 18.5. The van der Waals surface area contributed by atoms with E-state index in [9.17, 15) is 9.00 Å². The summed E-state index contributed by atoms with van der Waals surface area (Å²) in [5, 5.41) is 8.53. The van der Waals surface area contributed by atoms with E-state index in [1.807, 2.05) is 0 Å². The molecule has 0 aliphatic heterocycles. The highest BCUT2D eigenvalue weighted by molar-refractivity contribution is 7.74. The van der Waals surface area contributed by atoms with Gasteiger partial charge >= 0.3 is 17.3 Å². The van der Waals surface area contributed by atoms with E-state index < -0.39 is 17.3 Å². The lowest BCUT2D eigenvalue weighted by molar-refractivity contribution is -0.137. The molecule has 0 saturated carbocycles. The Bertz CT molecular complexity index is 280. The van der Waals surface area contributed by atoms with Crippen molar-refractivity contribution in [3.8, 4) is 0 Å². The Morgan fingerprint density at radius 3 is 1.33 bits per heavy atom. The van der Waals surface area contributed by atoms with Crippen molar-refractivity contribution in [3.05, 3.63) is 0 Å². The highest BCUT2D eigenvalue weighted by Gasteiger charge is 1.97. The number of unbranched alkanes of at least 4 members (excludes halogenated alkanes) is 14. The van der Waals surface area contributed by atoms with Gasteiger partial charge in [-0.05, 0) is 12.8 Å². The Morgan fingerprint density at radius 2 is 1.00 bits per heavy atom. The molecule has 0 aromatic heterocycles. The molecule has 0 rings (SSSR count). The summed E-state index contributed by atoms with van der Waals surface area (Å²) >= 11 is -2.11. The molecule has 0 aromatic rings. The molecule has 0 bridgehead atoms. The van der Waals surface area contributed by atoms with Crippen LogP contribution in [-0.2, 0) is 20.3 Å². The van der Waals surface area contributed by atoms with Crippen LogP contribution in [0.1, 0.15) is 103 Å². The van der Waals surface area contributed by atoms with Gasteiger partial charge in [0.05, 0.1) is 6.61 Å². The van der Waals surface area contributed by atoms with Gasteiger partial charge in [0.25, 0.3) is 0 Å². The number of hydrogen-bond donors (Lipinski definition) is 2. The summed E-state index contributed by atoms with van der Waals surface area (Å²) in [6.07, 6.45) is 18.2. The second-order valence-electron chi connectivity index (χ2n) is 6.49. The van der Waals surface area contributed by atoms with Gasteiger partial charge in [0.1, 0.15) is 0 Å². The third-order valence-electron chi connectivity index (χ3n) is 4.22. The second-order valence-corrected chi connectivity index (χ2v) is 7.16. The van der Waals surface area contributed by atoms with Crippen LogP contribution in [-0.4, -0.2) is 26.4 Å². The van der Waals surface area contributed by atoms with Crippen molar-refractivity contribution in [3.63, 3.8) is 0 Å². The molecular weight excluding hydrogens is 328 g/mol. The molecule has 0 aliphatic rings. The zero-order chi connectivity index (χ0) is 17.9. The number of carboxylic acid groups (broad SMARTS) is 1. The van der Waals surface area contributed by atoms with Gasteiger partial charge < -0.3 is 5.11 Å². The quantitative estimate of drug-likeness (QED) is 0.235. The minimum absolute atomic E-state index is 0.317. The van der Waals surface area contributed by atoms with Crippen LogP contribution < -0.4 is 0 Å². The van der Waals surface area contributed by atoms with Crippen LogP contribution in [0, 0.1) is 0 Å². The second kappa shape index (κ2) is 18.9. The van der Waals surface area contributed by atoms with E-state index in [1.54, 1.807) is 0 Å². The van der Waals surface area contributed by atoms with Crippen molar-refractivity contribution in [2.24, 2.45) is 0 Å². The normalized spacial score (nSPS) is 12.4. The van der Waals surface area contributed by atoms with Gasteiger partial charge in [-0.1, -0.05) is 83.5 Å². The van der Waals surface area contributed by atoms with Crippen LogP contribution in [0.25, 0.3) is 0 Å². The summed E-state index contributed by atoms with van der Waals surface area (Å²) in [5.74, 6) is -0.677. The first-order valence-corrected chi connectivity index (χ1v) is 10.6. The monoisotopic (exact) mass is 364 g/mol. The van der Waals surface area contributed by atoms with Crippen LogP contribution in [0.15, 0.2) is 0 Å². The van der Waals surface area contributed by atoms with E-state index in [0.717, 1.165) is 25.7 Å². The Balaban J connectivity index is 3.00. The maximum Gasteiger partial charge on any atom is 0.303 e. The van der Waals surface area contributed by atoms with Gasteiger partial charge in [-0.25, -0.2) is 0 Å². The number of carboxylic acids is 1. The predicted molar refractivity (Wildman–Crippen MR) is 98.2 cm³/mol. The number of aliphatic carboxylic acids is 1. The van der Waals surface area contributed by atoms with Crippen molar-refractivity contribution >= 4 is 17.3 Å². The van der Waals surface area contributed by atoms with Crippen LogP contribution in [0.4, 0.5) is 0 Å². The van der Waals surface area contributed by atoms with Crippen molar-refractivity contribution in [2.45, 2.75) is 103 Å². The molecule has 1 unspecified atom stereocenters. The first-order chi connectivity index (χ1) is 11.6. The molecule has 0 aliphatic carbocycles. The summed E-state index contributed by atoms with van der Waals surface area (Å²) in [6, 6.07) is 0. The summed E-state index contributed by atoms with van der Waals surface area (Å²) in [4.78, 5) is 10.4. The summed E-state index contributed by atoms with van der Waals surface area (Å²) < 4.78 is 23.3. The van der Waals surface area contributed by atoms with Gasteiger partial charge in [0.15, 0.2) is 0 Å². The van der Waals surface area contributed by atoms with E-state index in [0.29, 0.717) is 13.0 Å². The Hall–Kier alpha value is -0.460. The zero-order valence-corrected chi connectivity index (χ0v) is 15.9.